The van der Waals surface area contributed by atoms with E-state index in [1.165, 1.54) is 18.4 Å². The Morgan fingerprint density at radius 2 is 2.14 bits per heavy atom. The minimum absolute atomic E-state index is 0.468. The number of carbonyl (C=O) groups is 1. The van der Waals surface area contributed by atoms with Gasteiger partial charge in [0.1, 0.15) is 10.6 Å². The second-order valence-electron chi connectivity index (χ2n) is 2.73. The van der Waals surface area contributed by atoms with E-state index in [4.69, 9.17) is 16.3 Å². The van der Waals surface area contributed by atoms with Crippen LogP contribution in [0.25, 0.3) is 10.1 Å². The predicted molar refractivity (Wildman–Crippen MR) is 58.6 cm³/mol. The lowest BCUT2D eigenvalue weighted by atomic mass is 10.2. The van der Waals surface area contributed by atoms with E-state index in [1.807, 2.05) is 24.3 Å². The summed E-state index contributed by atoms with van der Waals surface area (Å²) in [5.74, 6) is 0.575. The molecule has 0 spiro atoms. The van der Waals surface area contributed by atoms with Crippen molar-refractivity contribution in [3.63, 3.8) is 0 Å². The molecule has 0 amide bonds. The molecule has 72 valence electrons. The van der Waals surface area contributed by atoms with Crippen molar-refractivity contribution in [1.82, 2.24) is 0 Å². The van der Waals surface area contributed by atoms with Crippen LogP contribution in [0, 0.1) is 0 Å². The first kappa shape index (κ1) is 9.49. The molecule has 2 nitrogen and oxygen atoms in total. The lowest BCUT2D eigenvalue weighted by Crippen LogP contribution is -1.89. The van der Waals surface area contributed by atoms with Crippen molar-refractivity contribution < 1.29 is 9.53 Å². The Hall–Kier alpha value is -1.06. The monoisotopic (exact) mass is 226 g/mol. The van der Waals surface area contributed by atoms with Gasteiger partial charge < -0.3 is 4.74 Å². The number of fused-ring (bicyclic) bond motifs is 1. The van der Waals surface area contributed by atoms with Crippen LogP contribution >= 0.6 is 22.9 Å². The van der Waals surface area contributed by atoms with Crippen molar-refractivity contribution in [2.24, 2.45) is 0 Å². The highest BCUT2D eigenvalue weighted by Crippen LogP contribution is 2.38. The third-order valence-corrected chi connectivity index (χ3v) is 3.38. The third-order valence-electron chi connectivity index (χ3n) is 1.93. The van der Waals surface area contributed by atoms with Crippen LogP contribution in [0.4, 0.5) is 0 Å². The first-order valence-corrected chi connectivity index (χ1v) is 5.19. The SMILES string of the molecule is COc1c(C(=O)Cl)sc2ccccc12. The zero-order chi connectivity index (χ0) is 10.1. The summed E-state index contributed by atoms with van der Waals surface area (Å²) in [5.41, 5.74) is 0. The standard InChI is InChI=1S/C10H7ClO2S/c1-13-8-6-4-2-3-5-7(6)14-9(8)10(11)12/h2-5H,1H3. The highest BCUT2D eigenvalue weighted by molar-refractivity contribution is 7.22. The van der Waals surface area contributed by atoms with Crippen molar-refractivity contribution >= 4 is 38.3 Å². The summed E-state index contributed by atoms with van der Waals surface area (Å²) in [6, 6.07) is 7.67. The third kappa shape index (κ3) is 1.38. The highest BCUT2D eigenvalue weighted by atomic mass is 35.5. The molecule has 0 unspecified atom stereocenters. The molecule has 0 bridgehead atoms. The summed E-state index contributed by atoms with van der Waals surface area (Å²) in [5, 5.41) is 0.465. The molecule has 0 saturated heterocycles. The second-order valence-corrected chi connectivity index (χ2v) is 4.13. The number of ether oxygens (including phenoxy) is 1. The van der Waals surface area contributed by atoms with E-state index in [0.29, 0.717) is 10.6 Å². The Kier molecular flexibility index (Phi) is 2.44. The van der Waals surface area contributed by atoms with Gasteiger partial charge in [-0.15, -0.1) is 11.3 Å². The molecule has 1 heterocycles. The molecular formula is C10H7ClO2S. The van der Waals surface area contributed by atoms with Crippen LogP contribution in [0.1, 0.15) is 9.67 Å². The zero-order valence-electron chi connectivity index (χ0n) is 7.41. The van der Waals surface area contributed by atoms with E-state index in [-0.39, 0.29) is 0 Å². The molecule has 14 heavy (non-hydrogen) atoms. The van der Waals surface area contributed by atoms with Crippen molar-refractivity contribution in [3.05, 3.63) is 29.1 Å². The topological polar surface area (TPSA) is 26.3 Å². The molecule has 2 rings (SSSR count). The lowest BCUT2D eigenvalue weighted by Gasteiger charge is -1.97. The molecule has 0 fully saturated rings. The second kappa shape index (κ2) is 3.59. The van der Waals surface area contributed by atoms with E-state index in [1.54, 1.807) is 0 Å². The maximum Gasteiger partial charge on any atom is 0.266 e. The fourth-order valence-corrected chi connectivity index (χ4v) is 2.56. The van der Waals surface area contributed by atoms with Crippen LogP contribution in [0.15, 0.2) is 24.3 Å². The Morgan fingerprint density at radius 3 is 2.79 bits per heavy atom. The number of rotatable bonds is 2. The smallest absolute Gasteiger partial charge is 0.266 e. The van der Waals surface area contributed by atoms with Gasteiger partial charge in [0.2, 0.25) is 0 Å². The van der Waals surface area contributed by atoms with Gasteiger partial charge in [-0.2, -0.15) is 0 Å². The van der Waals surface area contributed by atoms with Crippen molar-refractivity contribution in [3.8, 4) is 5.75 Å². The molecule has 0 aliphatic rings. The van der Waals surface area contributed by atoms with Crippen molar-refractivity contribution in [2.75, 3.05) is 7.11 Å². The summed E-state index contributed by atoms with van der Waals surface area (Å²) >= 11 is 6.80. The molecule has 1 aromatic heterocycles. The predicted octanol–water partition coefficient (Wildman–Crippen LogP) is 3.29. The number of hydrogen-bond acceptors (Lipinski definition) is 3. The highest BCUT2D eigenvalue weighted by Gasteiger charge is 2.16. The van der Waals surface area contributed by atoms with Gasteiger partial charge in [0.15, 0.2) is 0 Å². The van der Waals surface area contributed by atoms with Gasteiger partial charge in [-0.1, -0.05) is 12.1 Å². The van der Waals surface area contributed by atoms with Crippen LogP contribution in [0.2, 0.25) is 0 Å². The molecule has 0 aliphatic carbocycles. The van der Waals surface area contributed by atoms with E-state index in [9.17, 15) is 4.79 Å². The maximum absolute atomic E-state index is 11.1. The Balaban J connectivity index is 2.78. The van der Waals surface area contributed by atoms with E-state index >= 15 is 0 Å². The Morgan fingerprint density at radius 1 is 1.43 bits per heavy atom. The van der Waals surface area contributed by atoms with Gasteiger partial charge in [-0.05, 0) is 23.7 Å². The first-order valence-electron chi connectivity index (χ1n) is 3.99. The minimum Gasteiger partial charge on any atom is -0.494 e. The number of benzene rings is 1. The zero-order valence-corrected chi connectivity index (χ0v) is 8.98. The fourth-order valence-electron chi connectivity index (χ4n) is 1.35. The van der Waals surface area contributed by atoms with Gasteiger partial charge in [0, 0.05) is 10.1 Å². The van der Waals surface area contributed by atoms with Gasteiger partial charge in [-0.3, -0.25) is 4.79 Å². The van der Waals surface area contributed by atoms with Crippen LogP contribution < -0.4 is 4.74 Å². The largest absolute Gasteiger partial charge is 0.494 e. The molecule has 0 saturated carbocycles. The summed E-state index contributed by atoms with van der Waals surface area (Å²) in [7, 11) is 1.54. The molecule has 0 radical (unpaired) electrons. The molecule has 2 aromatic rings. The first-order chi connectivity index (χ1) is 6.74. The van der Waals surface area contributed by atoms with Crippen molar-refractivity contribution in [2.45, 2.75) is 0 Å². The normalized spacial score (nSPS) is 10.4. The molecule has 4 heteroatoms. The van der Waals surface area contributed by atoms with Gasteiger partial charge in [0.05, 0.1) is 7.11 Å². The number of carbonyl (C=O) groups excluding carboxylic acids is 1. The van der Waals surface area contributed by atoms with Crippen LogP contribution in [0.5, 0.6) is 5.75 Å². The summed E-state index contributed by atoms with van der Waals surface area (Å²) in [6.07, 6.45) is 0. The average Bonchev–Trinajstić information content (AvgIpc) is 2.56. The van der Waals surface area contributed by atoms with E-state index in [0.717, 1.165) is 10.1 Å². The summed E-state index contributed by atoms with van der Waals surface area (Å²) < 4.78 is 6.17. The number of methoxy groups -OCH3 is 1. The van der Waals surface area contributed by atoms with E-state index < -0.39 is 5.24 Å². The molecule has 1 aromatic carbocycles. The lowest BCUT2D eigenvalue weighted by molar-refractivity contribution is 0.108. The number of hydrogen-bond donors (Lipinski definition) is 0. The number of thiophene rings is 1. The summed E-state index contributed by atoms with van der Waals surface area (Å²) in [4.78, 5) is 11.6. The van der Waals surface area contributed by atoms with Crippen molar-refractivity contribution in [1.29, 1.82) is 0 Å². The fraction of sp³-hybridized carbons (Fsp3) is 0.100. The molecular weight excluding hydrogens is 220 g/mol. The summed E-state index contributed by atoms with van der Waals surface area (Å²) in [6.45, 7) is 0. The van der Waals surface area contributed by atoms with E-state index in [2.05, 4.69) is 0 Å². The average molecular weight is 227 g/mol. The molecule has 0 N–H and O–H groups in total. The Labute approximate surface area is 90.1 Å². The Bertz CT molecular complexity index is 490. The minimum atomic E-state index is -0.469. The quantitative estimate of drug-likeness (QED) is 0.735. The van der Waals surface area contributed by atoms with Crippen LogP contribution in [0.3, 0.4) is 0 Å². The van der Waals surface area contributed by atoms with Gasteiger partial charge >= 0.3 is 0 Å². The maximum atomic E-state index is 11.1. The molecule has 0 atom stereocenters. The molecule has 0 aliphatic heterocycles. The van der Waals surface area contributed by atoms with Crippen LogP contribution in [-0.4, -0.2) is 12.4 Å². The van der Waals surface area contributed by atoms with Gasteiger partial charge in [-0.25, -0.2) is 0 Å². The number of halogens is 1. The van der Waals surface area contributed by atoms with Gasteiger partial charge in [0.25, 0.3) is 5.24 Å². The van der Waals surface area contributed by atoms with Crippen LogP contribution in [-0.2, 0) is 0 Å².